The molecule has 0 radical (unpaired) electrons. The van der Waals surface area contributed by atoms with E-state index in [4.69, 9.17) is 5.11 Å². The van der Waals surface area contributed by atoms with Crippen LogP contribution in [0.1, 0.15) is 16.8 Å². The van der Waals surface area contributed by atoms with Gasteiger partial charge in [-0.05, 0) is 18.2 Å². The predicted molar refractivity (Wildman–Crippen MR) is 85.8 cm³/mol. The zero-order valence-corrected chi connectivity index (χ0v) is 13.1. The highest BCUT2D eigenvalue weighted by Gasteiger charge is 2.29. The Bertz CT molecular complexity index is 705. The van der Waals surface area contributed by atoms with Crippen molar-refractivity contribution in [2.24, 2.45) is 0 Å². The molecular weight excluding hydrogens is 316 g/mol. The molecule has 2 aromatic rings. The molecule has 0 spiro atoms. The first-order chi connectivity index (χ1) is 11.1. The molecule has 7 nitrogen and oxygen atoms in total. The maximum Gasteiger partial charge on any atom is 0.305 e. The van der Waals surface area contributed by atoms with E-state index in [0.29, 0.717) is 17.9 Å². The number of thioether (sulfide) groups is 1. The van der Waals surface area contributed by atoms with E-state index in [1.807, 2.05) is 6.07 Å². The lowest BCUT2D eigenvalue weighted by Gasteiger charge is -2.34. The van der Waals surface area contributed by atoms with E-state index >= 15 is 0 Å². The lowest BCUT2D eigenvalue weighted by atomic mass is 10.1. The van der Waals surface area contributed by atoms with Crippen LogP contribution in [0.15, 0.2) is 36.7 Å². The van der Waals surface area contributed by atoms with Crippen LogP contribution in [0.3, 0.4) is 0 Å². The van der Waals surface area contributed by atoms with Crippen LogP contribution in [0.25, 0.3) is 5.69 Å². The Morgan fingerprint density at radius 3 is 3.00 bits per heavy atom. The highest BCUT2D eigenvalue weighted by Crippen LogP contribution is 2.22. The number of benzene rings is 1. The Labute approximate surface area is 137 Å². The molecular formula is C15H16N4O3S. The summed E-state index contributed by atoms with van der Waals surface area (Å²) < 4.78 is 1.58. The van der Waals surface area contributed by atoms with Crippen LogP contribution < -0.4 is 0 Å². The molecule has 0 bridgehead atoms. The van der Waals surface area contributed by atoms with Gasteiger partial charge in [-0.1, -0.05) is 11.3 Å². The number of carboxylic acid groups (broad SMARTS) is 1. The van der Waals surface area contributed by atoms with Crippen molar-refractivity contribution < 1.29 is 14.7 Å². The largest absolute Gasteiger partial charge is 0.481 e. The summed E-state index contributed by atoms with van der Waals surface area (Å²) >= 11 is 1.68. The SMILES string of the molecule is O=C(O)CC1CSCCN1C(=O)c1cccc(-n2ccnn2)c1. The first kappa shape index (κ1) is 15.5. The van der Waals surface area contributed by atoms with Crippen LogP contribution >= 0.6 is 11.8 Å². The summed E-state index contributed by atoms with van der Waals surface area (Å²) in [7, 11) is 0. The molecule has 120 valence electrons. The molecule has 1 aliphatic rings. The van der Waals surface area contributed by atoms with Crippen LogP contribution in [0.4, 0.5) is 0 Å². The van der Waals surface area contributed by atoms with Crippen molar-refractivity contribution in [1.29, 1.82) is 0 Å². The number of carbonyl (C=O) groups is 2. The Kier molecular flexibility index (Phi) is 4.61. The summed E-state index contributed by atoms with van der Waals surface area (Å²) in [5.41, 5.74) is 1.27. The fraction of sp³-hybridized carbons (Fsp3) is 0.333. The summed E-state index contributed by atoms with van der Waals surface area (Å²) in [6, 6.07) is 6.84. The van der Waals surface area contributed by atoms with Crippen molar-refractivity contribution >= 4 is 23.6 Å². The number of amides is 1. The first-order valence-corrected chi connectivity index (χ1v) is 8.38. The van der Waals surface area contributed by atoms with Crippen LogP contribution in [0.5, 0.6) is 0 Å². The standard InChI is InChI=1S/C15H16N4O3S/c20-14(21)9-13-10-23-7-6-18(13)15(22)11-2-1-3-12(8-11)19-5-4-16-17-19/h1-5,8,13H,6-7,9-10H2,(H,20,21). The quantitative estimate of drug-likeness (QED) is 0.908. The van der Waals surface area contributed by atoms with Crippen molar-refractivity contribution in [2.45, 2.75) is 12.5 Å². The number of aromatic nitrogens is 3. The van der Waals surface area contributed by atoms with E-state index in [1.165, 1.54) is 0 Å². The molecule has 1 fully saturated rings. The average Bonchev–Trinajstić information content (AvgIpc) is 3.09. The van der Waals surface area contributed by atoms with Gasteiger partial charge < -0.3 is 10.0 Å². The van der Waals surface area contributed by atoms with Crippen molar-refractivity contribution in [3.05, 3.63) is 42.2 Å². The van der Waals surface area contributed by atoms with E-state index in [2.05, 4.69) is 10.3 Å². The summed E-state index contributed by atoms with van der Waals surface area (Å²) in [5.74, 6) is 0.455. The van der Waals surface area contributed by atoms with Gasteiger partial charge in [0.2, 0.25) is 0 Å². The second kappa shape index (κ2) is 6.82. The molecule has 1 atom stereocenters. The van der Waals surface area contributed by atoms with Gasteiger partial charge in [-0.25, -0.2) is 4.68 Å². The third kappa shape index (κ3) is 3.53. The summed E-state index contributed by atoms with van der Waals surface area (Å²) in [4.78, 5) is 25.5. The predicted octanol–water partition coefficient (Wildman–Crippen LogP) is 1.30. The van der Waals surface area contributed by atoms with Gasteiger partial charge in [0.15, 0.2) is 0 Å². The monoisotopic (exact) mass is 332 g/mol. The van der Waals surface area contributed by atoms with Gasteiger partial charge in [0.05, 0.1) is 30.5 Å². The van der Waals surface area contributed by atoms with Gasteiger partial charge in [0.25, 0.3) is 5.91 Å². The fourth-order valence-corrected chi connectivity index (χ4v) is 3.65. The third-order valence-corrected chi connectivity index (χ3v) is 4.77. The maximum atomic E-state index is 12.8. The average molecular weight is 332 g/mol. The number of carbonyl (C=O) groups excluding carboxylic acids is 1. The fourth-order valence-electron chi connectivity index (χ4n) is 2.59. The van der Waals surface area contributed by atoms with Crippen LogP contribution in [-0.4, -0.2) is 61.0 Å². The molecule has 1 aromatic carbocycles. The molecule has 1 unspecified atom stereocenters. The van der Waals surface area contributed by atoms with E-state index in [1.54, 1.807) is 51.9 Å². The molecule has 1 N–H and O–H groups in total. The molecule has 0 saturated carbocycles. The van der Waals surface area contributed by atoms with Crippen LogP contribution in [0, 0.1) is 0 Å². The van der Waals surface area contributed by atoms with Gasteiger partial charge >= 0.3 is 5.97 Å². The van der Waals surface area contributed by atoms with Crippen LogP contribution in [-0.2, 0) is 4.79 Å². The van der Waals surface area contributed by atoms with Gasteiger partial charge in [-0.15, -0.1) is 5.10 Å². The Hall–Kier alpha value is -2.35. The first-order valence-electron chi connectivity index (χ1n) is 7.22. The molecule has 8 heteroatoms. The van der Waals surface area contributed by atoms with Crippen molar-refractivity contribution in [3.8, 4) is 5.69 Å². The summed E-state index contributed by atoms with van der Waals surface area (Å²) in [6.45, 7) is 0.564. The highest BCUT2D eigenvalue weighted by molar-refractivity contribution is 7.99. The number of carboxylic acids is 1. The minimum Gasteiger partial charge on any atom is -0.481 e. The van der Waals surface area contributed by atoms with Crippen molar-refractivity contribution in [3.63, 3.8) is 0 Å². The van der Waals surface area contributed by atoms with Gasteiger partial charge in [0, 0.05) is 23.6 Å². The number of rotatable bonds is 4. The number of hydrogen-bond donors (Lipinski definition) is 1. The molecule has 1 aliphatic heterocycles. The van der Waals surface area contributed by atoms with E-state index in [-0.39, 0.29) is 18.4 Å². The van der Waals surface area contributed by atoms with Crippen molar-refractivity contribution in [2.75, 3.05) is 18.1 Å². The summed E-state index contributed by atoms with van der Waals surface area (Å²) in [5, 5.41) is 16.7. The number of nitrogens with zero attached hydrogens (tertiary/aromatic N) is 4. The minimum absolute atomic E-state index is 0.0263. The Morgan fingerprint density at radius 2 is 2.26 bits per heavy atom. The topological polar surface area (TPSA) is 88.3 Å². The third-order valence-electron chi connectivity index (χ3n) is 3.68. The Morgan fingerprint density at radius 1 is 1.39 bits per heavy atom. The second-order valence-corrected chi connectivity index (χ2v) is 6.37. The zero-order valence-electron chi connectivity index (χ0n) is 12.3. The van der Waals surface area contributed by atoms with Gasteiger partial charge in [-0.3, -0.25) is 9.59 Å². The van der Waals surface area contributed by atoms with E-state index in [0.717, 1.165) is 11.4 Å². The van der Waals surface area contributed by atoms with Crippen LogP contribution in [0.2, 0.25) is 0 Å². The number of aliphatic carboxylic acids is 1. The molecule has 3 rings (SSSR count). The van der Waals surface area contributed by atoms with E-state index in [9.17, 15) is 9.59 Å². The molecule has 1 saturated heterocycles. The summed E-state index contributed by atoms with van der Waals surface area (Å²) in [6.07, 6.45) is 3.25. The second-order valence-electron chi connectivity index (χ2n) is 5.22. The molecule has 1 amide bonds. The molecule has 1 aromatic heterocycles. The lowest BCUT2D eigenvalue weighted by Crippen LogP contribution is -2.47. The van der Waals surface area contributed by atoms with Crippen molar-refractivity contribution in [1.82, 2.24) is 19.9 Å². The van der Waals surface area contributed by atoms with Gasteiger partial charge in [-0.2, -0.15) is 11.8 Å². The lowest BCUT2D eigenvalue weighted by molar-refractivity contribution is -0.138. The molecule has 23 heavy (non-hydrogen) atoms. The molecule has 2 heterocycles. The maximum absolute atomic E-state index is 12.8. The normalized spacial score (nSPS) is 17.9. The smallest absolute Gasteiger partial charge is 0.305 e. The Balaban J connectivity index is 1.84. The zero-order chi connectivity index (χ0) is 16.2. The van der Waals surface area contributed by atoms with E-state index < -0.39 is 5.97 Å². The molecule has 0 aliphatic carbocycles. The highest BCUT2D eigenvalue weighted by atomic mass is 32.2. The minimum atomic E-state index is -0.883. The van der Waals surface area contributed by atoms with Gasteiger partial charge in [0.1, 0.15) is 0 Å². The number of hydrogen-bond acceptors (Lipinski definition) is 5.